The van der Waals surface area contributed by atoms with Gasteiger partial charge in [0.15, 0.2) is 0 Å². The number of hydrogen-bond acceptors (Lipinski definition) is 3. The summed E-state index contributed by atoms with van der Waals surface area (Å²) in [5.74, 6) is -0.310. The highest BCUT2D eigenvalue weighted by molar-refractivity contribution is 9.10. The van der Waals surface area contributed by atoms with Crippen molar-refractivity contribution in [1.29, 1.82) is 0 Å². The molecule has 1 aromatic heterocycles. The van der Waals surface area contributed by atoms with E-state index in [4.69, 9.17) is 0 Å². The topological polar surface area (TPSA) is 33.1 Å². The molecule has 0 saturated carbocycles. The smallest absolute Gasteiger partial charge is 0.124 e. The van der Waals surface area contributed by atoms with Gasteiger partial charge in [0.05, 0.1) is 10.7 Å². The minimum absolute atomic E-state index is 0.0233. The third-order valence-corrected chi connectivity index (χ3v) is 4.60. The van der Waals surface area contributed by atoms with Crippen molar-refractivity contribution in [2.45, 2.75) is 38.7 Å². The number of benzene rings is 1. The number of halogens is 2. The van der Waals surface area contributed by atoms with Gasteiger partial charge in [-0.15, -0.1) is 11.3 Å². The molecule has 2 rings (SSSR count). The summed E-state index contributed by atoms with van der Waals surface area (Å²) >= 11 is 4.80. The summed E-state index contributed by atoms with van der Waals surface area (Å²) in [6, 6.07) is 4.64. The Morgan fingerprint density at radius 1 is 1.35 bits per heavy atom. The molecule has 20 heavy (non-hydrogen) atoms. The molecule has 1 atom stereocenters. The summed E-state index contributed by atoms with van der Waals surface area (Å²) in [7, 11) is 0. The molecule has 0 aliphatic heterocycles. The van der Waals surface area contributed by atoms with Crippen LogP contribution < -0.4 is 0 Å². The maximum absolute atomic E-state index is 13.3. The van der Waals surface area contributed by atoms with Gasteiger partial charge in [-0.05, 0) is 23.8 Å². The molecule has 0 radical (unpaired) electrons. The Balaban J connectivity index is 2.15. The molecule has 0 fully saturated rings. The van der Waals surface area contributed by atoms with Crippen LogP contribution in [-0.4, -0.2) is 10.1 Å². The molecule has 0 aliphatic rings. The monoisotopic (exact) mass is 357 g/mol. The van der Waals surface area contributed by atoms with Crippen LogP contribution in [0.15, 0.2) is 28.1 Å². The molecule has 1 aromatic carbocycles. The summed E-state index contributed by atoms with van der Waals surface area (Å²) in [5, 5.41) is 13.1. The number of hydrogen-bond donors (Lipinski definition) is 1. The average Bonchev–Trinajstić information content (AvgIpc) is 2.75. The Labute approximate surface area is 130 Å². The molecular formula is C15H17BrFNOS. The second-order valence-corrected chi connectivity index (χ2v) is 7.60. The van der Waals surface area contributed by atoms with E-state index >= 15 is 0 Å². The van der Waals surface area contributed by atoms with Crippen LogP contribution in [-0.2, 0) is 11.8 Å². The fraction of sp³-hybridized carbons (Fsp3) is 0.400. The van der Waals surface area contributed by atoms with Gasteiger partial charge in [-0.1, -0.05) is 36.7 Å². The Kier molecular flexibility index (Phi) is 4.62. The number of aliphatic hydroxyl groups is 1. The lowest BCUT2D eigenvalue weighted by Crippen LogP contribution is -2.11. The van der Waals surface area contributed by atoms with Gasteiger partial charge in [0.2, 0.25) is 0 Å². The van der Waals surface area contributed by atoms with E-state index in [0.717, 1.165) is 10.6 Å². The van der Waals surface area contributed by atoms with Gasteiger partial charge in [-0.2, -0.15) is 0 Å². The lowest BCUT2D eigenvalue weighted by molar-refractivity contribution is 0.174. The first kappa shape index (κ1) is 15.6. The fourth-order valence-corrected chi connectivity index (χ4v) is 3.31. The van der Waals surface area contributed by atoms with E-state index in [0.29, 0.717) is 16.6 Å². The lowest BCUT2D eigenvalue weighted by Gasteiger charge is -2.14. The Morgan fingerprint density at radius 3 is 2.60 bits per heavy atom. The first-order valence-electron chi connectivity index (χ1n) is 6.34. The molecular weight excluding hydrogens is 341 g/mol. The molecule has 0 spiro atoms. The van der Waals surface area contributed by atoms with Crippen molar-refractivity contribution >= 4 is 27.3 Å². The van der Waals surface area contributed by atoms with Crippen molar-refractivity contribution in [2.24, 2.45) is 0 Å². The number of thiazole rings is 1. The van der Waals surface area contributed by atoms with Crippen molar-refractivity contribution in [2.75, 3.05) is 0 Å². The molecule has 1 unspecified atom stereocenters. The Hall–Kier alpha value is -0.780. The van der Waals surface area contributed by atoms with Gasteiger partial charge < -0.3 is 5.11 Å². The summed E-state index contributed by atoms with van der Waals surface area (Å²) in [6.45, 7) is 6.27. The van der Waals surface area contributed by atoms with Crippen LogP contribution in [0.25, 0.3) is 0 Å². The third-order valence-electron chi connectivity index (χ3n) is 2.86. The quantitative estimate of drug-likeness (QED) is 0.869. The second-order valence-electron chi connectivity index (χ2n) is 5.83. The molecule has 2 aromatic rings. The average molecular weight is 358 g/mol. The van der Waals surface area contributed by atoms with E-state index in [1.165, 1.54) is 12.1 Å². The van der Waals surface area contributed by atoms with E-state index in [2.05, 4.69) is 41.7 Å². The standard InChI is InChI=1S/C15H17BrFNOS/c1-15(2,3)14-18-12(8-20-14)13(19)6-9-4-10(16)7-11(17)5-9/h4-5,7-8,13,19H,6H2,1-3H3. The molecule has 108 valence electrons. The molecule has 0 bridgehead atoms. The highest BCUT2D eigenvalue weighted by atomic mass is 79.9. The number of rotatable bonds is 3. The molecule has 1 N–H and O–H groups in total. The molecule has 5 heteroatoms. The number of aliphatic hydroxyl groups excluding tert-OH is 1. The first-order valence-corrected chi connectivity index (χ1v) is 8.02. The van der Waals surface area contributed by atoms with Crippen LogP contribution in [0.2, 0.25) is 0 Å². The van der Waals surface area contributed by atoms with Gasteiger partial charge in [0, 0.05) is 21.7 Å². The predicted octanol–water partition coefficient (Wildman–Crippen LogP) is 4.62. The second kappa shape index (κ2) is 5.92. The van der Waals surface area contributed by atoms with Crippen molar-refractivity contribution in [3.05, 3.63) is 50.1 Å². The van der Waals surface area contributed by atoms with Crippen LogP contribution in [0.4, 0.5) is 4.39 Å². The van der Waals surface area contributed by atoms with Crippen LogP contribution >= 0.6 is 27.3 Å². The van der Waals surface area contributed by atoms with E-state index in [9.17, 15) is 9.50 Å². The van der Waals surface area contributed by atoms with Crippen molar-refractivity contribution in [1.82, 2.24) is 4.98 Å². The van der Waals surface area contributed by atoms with Crippen LogP contribution in [0.1, 0.15) is 43.1 Å². The summed E-state index contributed by atoms with van der Waals surface area (Å²) in [4.78, 5) is 4.49. The predicted molar refractivity (Wildman–Crippen MR) is 83.6 cm³/mol. The summed E-state index contributed by atoms with van der Waals surface area (Å²) < 4.78 is 14.0. The van der Waals surface area contributed by atoms with Crippen molar-refractivity contribution < 1.29 is 9.50 Å². The zero-order valence-corrected chi connectivity index (χ0v) is 14.1. The highest BCUT2D eigenvalue weighted by Gasteiger charge is 2.20. The summed E-state index contributed by atoms with van der Waals surface area (Å²) in [6.07, 6.45) is -0.361. The highest BCUT2D eigenvalue weighted by Crippen LogP contribution is 2.29. The third kappa shape index (κ3) is 3.87. The fourth-order valence-electron chi connectivity index (χ4n) is 1.84. The van der Waals surface area contributed by atoms with Gasteiger partial charge in [0.1, 0.15) is 11.9 Å². The molecule has 0 aliphatic carbocycles. The van der Waals surface area contributed by atoms with Crippen molar-refractivity contribution in [3.8, 4) is 0 Å². The zero-order chi connectivity index (χ0) is 14.9. The minimum Gasteiger partial charge on any atom is -0.386 e. The Morgan fingerprint density at radius 2 is 2.05 bits per heavy atom. The normalized spacial score (nSPS) is 13.5. The van der Waals surface area contributed by atoms with Gasteiger partial charge in [-0.3, -0.25) is 0 Å². The maximum atomic E-state index is 13.3. The van der Waals surface area contributed by atoms with Gasteiger partial charge >= 0.3 is 0 Å². The number of aromatic nitrogens is 1. The molecule has 0 saturated heterocycles. The molecule has 2 nitrogen and oxygen atoms in total. The summed E-state index contributed by atoms with van der Waals surface area (Å²) in [5.41, 5.74) is 1.37. The van der Waals surface area contributed by atoms with E-state index in [1.54, 1.807) is 11.3 Å². The van der Waals surface area contributed by atoms with Crippen LogP contribution in [0.5, 0.6) is 0 Å². The SMILES string of the molecule is CC(C)(C)c1nc(C(O)Cc2cc(F)cc(Br)c2)cs1. The van der Waals surface area contributed by atoms with E-state index in [-0.39, 0.29) is 11.2 Å². The maximum Gasteiger partial charge on any atom is 0.124 e. The van der Waals surface area contributed by atoms with E-state index in [1.807, 2.05) is 11.4 Å². The van der Waals surface area contributed by atoms with Crippen LogP contribution in [0.3, 0.4) is 0 Å². The van der Waals surface area contributed by atoms with Gasteiger partial charge in [0.25, 0.3) is 0 Å². The number of nitrogens with zero attached hydrogens (tertiary/aromatic N) is 1. The molecule has 1 heterocycles. The lowest BCUT2D eigenvalue weighted by atomic mass is 9.98. The minimum atomic E-state index is -0.712. The van der Waals surface area contributed by atoms with Crippen LogP contribution in [0, 0.1) is 5.82 Å². The first-order chi connectivity index (χ1) is 9.25. The Bertz CT molecular complexity index is 586. The van der Waals surface area contributed by atoms with Crippen molar-refractivity contribution in [3.63, 3.8) is 0 Å². The largest absolute Gasteiger partial charge is 0.386 e. The van der Waals surface area contributed by atoms with E-state index < -0.39 is 6.10 Å². The van der Waals surface area contributed by atoms with Gasteiger partial charge in [-0.25, -0.2) is 9.37 Å². The zero-order valence-electron chi connectivity index (χ0n) is 11.7. The molecule has 0 amide bonds.